The second-order valence-corrected chi connectivity index (χ2v) is 6.86. The van der Waals surface area contributed by atoms with Gasteiger partial charge in [-0.05, 0) is 27.6 Å². The number of anilines is 1. The van der Waals surface area contributed by atoms with Crippen molar-refractivity contribution in [1.29, 1.82) is 0 Å². The van der Waals surface area contributed by atoms with Crippen molar-refractivity contribution in [1.82, 2.24) is 19.6 Å². The quantitative estimate of drug-likeness (QED) is 0.464. The molecule has 2 atom stereocenters. The van der Waals surface area contributed by atoms with Gasteiger partial charge in [0.05, 0.1) is 24.0 Å². The zero-order valence-corrected chi connectivity index (χ0v) is 16.5. The summed E-state index contributed by atoms with van der Waals surface area (Å²) < 4.78 is 29.6. The predicted molar refractivity (Wildman–Crippen MR) is 109 cm³/mol. The third-order valence-corrected chi connectivity index (χ3v) is 4.66. The van der Waals surface area contributed by atoms with Crippen molar-refractivity contribution < 1.29 is 13.6 Å². The number of aliphatic imine (C=N–C) groups is 2. The summed E-state index contributed by atoms with van der Waals surface area (Å²) in [4.78, 5) is 26.1. The Morgan fingerprint density at radius 1 is 1.41 bits per heavy atom. The van der Waals surface area contributed by atoms with Crippen molar-refractivity contribution in [2.75, 3.05) is 25.5 Å². The summed E-state index contributed by atoms with van der Waals surface area (Å²) >= 11 is 0. The summed E-state index contributed by atoms with van der Waals surface area (Å²) in [6, 6.07) is 0.892. The van der Waals surface area contributed by atoms with Gasteiger partial charge in [-0.3, -0.25) is 4.79 Å². The number of alkyl halides is 1. The molecule has 10 heteroatoms. The fourth-order valence-electron chi connectivity index (χ4n) is 3.11. The zero-order chi connectivity index (χ0) is 21.1. The van der Waals surface area contributed by atoms with E-state index in [2.05, 4.69) is 32.3 Å². The first-order valence-electron chi connectivity index (χ1n) is 9.06. The van der Waals surface area contributed by atoms with Crippen molar-refractivity contribution in [2.45, 2.75) is 26.1 Å². The number of carbonyl (C=O) groups is 1. The molecule has 2 N–H and O–H groups in total. The summed E-state index contributed by atoms with van der Waals surface area (Å²) in [6.45, 7) is 7.33. The molecule has 0 bridgehead atoms. The Bertz CT molecular complexity index is 998. The lowest BCUT2D eigenvalue weighted by atomic mass is 10.2. The smallest absolute Gasteiger partial charge is 0.252 e. The average Bonchev–Trinajstić information content (AvgIpc) is 3.24. The number of guanidine groups is 1. The van der Waals surface area contributed by atoms with Gasteiger partial charge in [-0.2, -0.15) is 0 Å². The lowest BCUT2D eigenvalue weighted by molar-refractivity contribution is -0.112. The van der Waals surface area contributed by atoms with Gasteiger partial charge in [-0.15, -0.1) is 0 Å². The van der Waals surface area contributed by atoms with Crippen LogP contribution in [0.3, 0.4) is 0 Å². The number of amides is 1. The number of carbonyl (C=O) groups excluding carboxylic acids is 1. The number of aryl methyl sites for hydroxylation is 1. The molecule has 0 radical (unpaired) electrons. The lowest BCUT2D eigenvalue weighted by Crippen LogP contribution is -2.35. The van der Waals surface area contributed by atoms with Crippen LogP contribution in [0, 0.1) is 12.7 Å². The Morgan fingerprint density at radius 3 is 2.83 bits per heavy atom. The second kappa shape index (κ2) is 8.48. The van der Waals surface area contributed by atoms with Crippen LogP contribution >= 0.6 is 0 Å². The number of halogens is 2. The van der Waals surface area contributed by atoms with Crippen LogP contribution in [0.25, 0.3) is 5.65 Å². The summed E-state index contributed by atoms with van der Waals surface area (Å²) in [7, 11) is 1.69. The van der Waals surface area contributed by atoms with Crippen LogP contribution in [0.4, 0.5) is 14.5 Å². The molecule has 1 aliphatic heterocycles. The van der Waals surface area contributed by atoms with Gasteiger partial charge < -0.3 is 19.9 Å². The van der Waals surface area contributed by atoms with E-state index in [1.165, 1.54) is 16.7 Å². The third-order valence-electron chi connectivity index (χ3n) is 4.66. The van der Waals surface area contributed by atoms with E-state index in [-0.39, 0.29) is 35.5 Å². The Hall–Kier alpha value is -3.14. The maximum atomic E-state index is 14.1. The van der Waals surface area contributed by atoms with Crippen LogP contribution < -0.4 is 10.6 Å². The molecule has 3 heterocycles. The Morgan fingerprint density at radius 2 is 2.17 bits per heavy atom. The second-order valence-electron chi connectivity index (χ2n) is 6.86. The summed E-state index contributed by atoms with van der Waals surface area (Å²) in [5.74, 6) is -0.757. The van der Waals surface area contributed by atoms with E-state index in [1.807, 2.05) is 0 Å². The van der Waals surface area contributed by atoms with E-state index in [1.54, 1.807) is 38.2 Å². The highest BCUT2D eigenvalue weighted by molar-refractivity contribution is 6.03. The minimum Gasteiger partial charge on any atom is -0.336 e. The number of likely N-dealkylation sites (tertiary alicyclic amines) is 1. The van der Waals surface area contributed by atoms with Gasteiger partial charge in [0.25, 0.3) is 5.91 Å². The number of aromatic nitrogens is 2. The Labute approximate surface area is 167 Å². The highest BCUT2D eigenvalue weighted by Crippen LogP contribution is 2.17. The van der Waals surface area contributed by atoms with Gasteiger partial charge in [0.2, 0.25) is 5.96 Å². The fraction of sp³-hybridized carbons (Fsp3) is 0.368. The number of hydrogen-bond donors (Lipinski definition) is 2. The van der Waals surface area contributed by atoms with Gasteiger partial charge in [0, 0.05) is 36.8 Å². The first-order chi connectivity index (χ1) is 13.8. The van der Waals surface area contributed by atoms with Crippen LogP contribution in [0.15, 0.2) is 40.2 Å². The molecule has 0 aromatic carbocycles. The molecule has 2 unspecified atom stereocenters. The first-order valence-corrected chi connectivity index (χ1v) is 9.06. The van der Waals surface area contributed by atoms with Crippen molar-refractivity contribution in [3.63, 3.8) is 0 Å². The number of nitrogens with zero attached hydrogens (tertiary/aromatic N) is 5. The maximum Gasteiger partial charge on any atom is 0.252 e. The number of pyridine rings is 1. The molecule has 1 amide bonds. The predicted octanol–water partition coefficient (Wildman–Crippen LogP) is 1.92. The summed E-state index contributed by atoms with van der Waals surface area (Å²) in [5.41, 5.74) is 1.42. The topological polar surface area (TPSA) is 86.4 Å². The number of rotatable bonds is 4. The van der Waals surface area contributed by atoms with Crippen LogP contribution in [0.1, 0.15) is 12.6 Å². The molecule has 1 aliphatic rings. The molecule has 0 aliphatic carbocycles. The number of fused-ring (bicyclic) bond motifs is 1. The van der Waals surface area contributed by atoms with Crippen molar-refractivity contribution in [3.05, 3.63) is 41.7 Å². The van der Waals surface area contributed by atoms with Gasteiger partial charge >= 0.3 is 0 Å². The van der Waals surface area contributed by atoms with Gasteiger partial charge in [0.15, 0.2) is 11.5 Å². The molecule has 1 saturated heterocycles. The molecule has 3 rings (SSSR count). The van der Waals surface area contributed by atoms with Crippen LogP contribution in [0.5, 0.6) is 0 Å². The fourth-order valence-corrected chi connectivity index (χ4v) is 3.11. The molecule has 1 fully saturated rings. The van der Waals surface area contributed by atoms with Gasteiger partial charge in [-0.25, -0.2) is 23.7 Å². The average molecular weight is 403 g/mol. The van der Waals surface area contributed by atoms with E-state index in [0.29, 0.717) is 12.2 Å². The highest BCUT2D eigenvalue weighted by atomic mass is 19.1. The molecular weight excluding hydrogens is 380 g/mol. The van der Waals surface area contributed by atoms with E-state index in [9.17, 15) is 13.6 Å². The molecule has 0 spiro atoms. The van der Waals surface area contributed by atoms with Gasteiger partial charge in [0.1, 0.15) is 6.17 Å². The lowest BCUT2D eigenvalue weighted by Gasteiger charge is -2.15. The van der Waals surface area contributed by atoms with E-state index < -0.39 is 17.9 Å². The largest absolute Gasteiger partial charge is 0.336 e. The molecule has 2 aromatic rings. The summed E-state index contributed by atoms with van der Waals surface area (Å²) in [5, 5.41) is 5.52. The van der Waals surface area contributed by atoms with Crippen LogP contribution in [-0.2, 0) is 4.79 Å². The SMILES string of the molecule is C=NC(=N/C=C(\C)C(=O)Nc1cc(F)c2nc(C)cn2c1)N1CC(F)C(NC)C1. The normalized spacial score (nSPS) is 20.4. The monoisotopic (exact) mass is 403 g/mol. The van der Waals surface area contributed by atoms with Crippen molar-refractivity contribution in [3.8, 4) is 0 Å². The van der Waals surface area contributed by atoms with E-state index in [0.717, 1.165) is 0 Å². The molecule has 2 aromatic heterocycles. The van der Waals surface area contributed by atoms with Crippen LogP contribution in [0.2, 0.25) is 0 Å². The highest BCUT2D eigenvalue weighted by Gasteiger charge is 2.33. The molecule has 29 heavy (non-hydrogen) atoms. The molecule has 8 nitrogen and oxygen atoms in total. The molecular formula is C19H23F2N7O. The zero-order valence-electron chi connectivity index (χ0n) is 16.5. The minimum absolute atomic E-state index is 0.145. The minimum atomic E-state index is -1.04. The molecule has 154 valence electrons. The molecule has 0 saturated carbocycles. The Kier molecular flexibility index (Phi) is 6.02. The number of likely N-dealkylation sites (N-methyl/N-ethyl adjacent to an activating group) is 1. The van der Waals surface area contributed by atoms with Crippen molar-refractivity contribution >= 4 is 29.9 Å². The van der Waals surface area contributed by atoms with Crippen molar-refractivity contribution in [2.24, 2.45) is 9.98 Å². The Balaban J connectivity index is 1.73. The van der Waals surface area contributed by atoms with Gasteiger partial charge in [-0.1, -0.05) is 0 Å². The van der Waals surface area contributed by atoms with E-state index in [4.69, 9.17) is 0 Å². The van der Waals surface area contributed by atoms with Crippen LogP contribution in [-0.4, -0.2) is 65.2 Å². The standard InChI is InChI=1S/C19H23F2N7O/c1-11(6-24-19(23-4)28-9-15(21)16(10-28)22-3)18(29)26-13-5-14(20)17-25-12(2)7-27(17)8-13/h5-8,15-16,22H,4,9-10H2,1-3H3,(H,26,29)/b11-6+,24-19?. The number of nitrogens with one attached hydrogen (secondary N) is 2. The number of imidazole rings is 1. The maximum absolute atomic E-state index is 14.1. The number of hydrogen-bond acceptors (Lipinski definition) is 4. The van der Waals surface area contributed by atoms with E-state index >= 15 is 0 Å². The first kappa shape index (κ1) is 20.6. The summed E-state index contributed by atoms with van der Waals surface area (Å²) in [6.07, 6.45) is 3.52. The third kappa shape index (κ3) is 4.48.